The Balaban J connectivity index is 0.000000300. The highest BCUT2D eigenvalue weighted by molar-refractivity contribution is 5.89. The standard InChI is InChI=1S/C15H15F3N2.C4H4O4/c1-10-13-6-7-14(20(13)9-8-19-10)11-2-4-12(5-3-11)15(16,17)18;5-3(6)1-2-4(7)8/h2-7,10,19H,8-9H2,1H3;1-2H,(H,5,6)(H,7,8)/b;2-1+. The molecule has 0 spiro atoms. The van der Waals surface area contributed by atoms with Crippen LogP contribution >= 0.6 is 0 Å². The lowest BCUT2D eigenvalue weighted by Gasteiger charge is -2.25. The largest absolute Gasteiger partial charge is 0.478 e. The number of alkyl halides is 3. The molecule has 3 N–H and O–H groups in total. The van der Waals surface area contributed by atoms with Crippen LogP contribution in [0.2, 0.25) is 0 Å². The van der Waals surface area contributed by atoms with E-state index in [0.717, 1.165) is 36.5 Å². The summed E-state index contributed by atoms with van der Waals surface area (Å²) in [6, 6.07) is 9.63. The molecule has 0 aliphatic carbocycles. The summed E-state index contributed by atoms with van der Waals surface area (Å²) in [6.07, 6.45) is -3.17. The van der Waals surface area contributed by atoms with Crippen molar-refractivity contribution in [1.29, 1.82) is 0 Å². The Kier molecular flexibility index (Phi) is 6.63. The number of benzene rings is 1. The lowest BCUT2D eigenvalue weighted by atomic mass is 10.1. The predicted molar refractivity (Wildman–Crippen MR) is 95.7 cm³/mol. The molecule has 3 rings (SSSR count). The quantitative estimate of drug-likeness (QED) is 0.691. The van der Waals surface area contributed by atoms with Gasteiger partial charge in [0, 0.05) is 42.7 Å². The second-order valence-corrected chi connectivity index (χ2v) is 6.06. The zero-order valence-corrected chi connectivity index (χ0v) is 14.9. The fourth-order valence-corrected chi connectivity index (χ4v) is 2.83. The smallest absolute Gasteiger partial charge is 0.416 e. The number of fused-ring (bicyclic) bond motifs is 1. The Labute approximate surface area is 158 Å². The first kappa shape index (κ1) is 21.2. The van der Waals surface area contributed by atoms with Crippen LogP contribution in [0.5, 0.6) is 0 Å². The molecule has 1 aliphatic heterocycles. The van der Waals surface area contributed by atoms with Crippen molar-refractivity contribution in [3.8, 4) is 11.3 Å². The maximum Gasteiger partial charge on any atom is 0.416 e. The third-order valence-electron chi connectivity index (χ3n) is 4.12. The van der Waals surface area contributed by atoms with Crippen LogP contribution in [-0.4, -0.2) is 33.3 Å². The molecule has 1 unspecified atom stereocenters. The lowest BCUT2D eigenvalue weighted by molar-refractivity contribution is -0.137. The summed E-state index contributed by atoms with van der Waals surface area (Å²) in [4.78, 5) is 19.1. The van der Waals surface area contributed by atoms with Crippen molar-refractivity contribution in [2.45, 2.75) is 25.7 Å². The molecule has 1 aromatic carbocycles. The molecular formula is C19H19F3N2O4. The molecule has 1 atom stereocenters. The molecule has 2 heterocycles. The molecule has 0 amide bonds. The minimum Gasteiger partial charge on any atom is -0.478 e. The number of halogens is 3. The molecule has 9 heteroatoms. The van der Waals surface area contributed by atoms with Crippen molar-refractivity contribution in [3.05, 3.63) is 59.8 Å². The van der Waals surface area contributed by atoms with Gasteiger partial charge in [-0.15, -0.1) is 0 Å². The maximum atomic E-state index is 12.6. The van der Waals surface area contributed by atoms with Crippen molar-refractivity contribution < 1.29 is 33.0 Å². The van der Waals surface area contributed by atoms with Crippen LogP contribution in [0.3, 0.4) is 0 Å². The number of aliphatic carboxylic acids is 2. The van der Waals surface area contributed by atoms with E-state index in [1.165, 1.54) is 17.8 Å². The fourth-order valence-electron chi connectivity index (χ4n) is 2.83. The summed E-state index contributed by atoms with van der Waals surface area (Å²) in [5, 5.41) is 19.0. The van der Waals surface area contributed by atoms with Crippen molar-refractivity contribution >= 4 is 11.9 Å². The minimum absolute atomic E-state index is 0.270. The Bertz CT molecular complexity index is 854. The van der Waals surface area contributed by atoms with Crippen molar-refractivity contribution in [2.24, 2.45) is 0 Å². The number of carbonyl (C=O) groups is 2. The van der Waals surface area contributed by atoms with Gasteiger partial charge in [0.1, 0.15) is 0 Å². The van der Waals surface area contributed by atoms with Gasteiger partial charge in [-0.3, -0.25) is 0 Å². The first-order valence-electron chi connectivity index (χ1n) is 8.34. The van der Waals surface area contributed by atoms with Gasteiger partial charge < -0.3 is 20.1 Å². The maximum absolute atomic E-state index is 12.6. The highest BCUT2D eigenvalue weighted by Crippen LogP contribution is 2.32. The summed E-state index contributed by atoms with van der Waals surface area (Å²) in [7, 11) is 0. The van der Waals surface area contributed by atoms with E-state index >= 15 is 0 Å². The van der Waals surface area contributed by atoms with Crippen molar-refractivity contribution in [2.75, 3.05) is 6.54 Å². The first-order valence-corrected chi connectivity index (χ1v) is 8.34. The van der Waals surface area contributed by atoms with Crippen LogP contribution in [0.4, 0.5) is 13.2 Å². The summed E-state index contributed by atoms with van der Waals surface area (Å²) >= 11 is 0. The van der Waals surface area contributed by atoms with Crippen LogP contribution in [0.1, 0.15) is 24.2 Å². The molecular weight excluding hydrogens is 377 g/mol. The highest BCUT2D eigenvalue weighted by atomic mass is 19.4. The number of carboxylic acids is 2. The van der Waals surface area contributed by atoms with Crippen LogP contribution in [0.15, 0.2) is 48.6 Å². The summed E-state index contributed by atoms with van der Waals surface area (Å²) in [5.74, 6) is -2.51. The third-order valence-corrected chi connectivity index (χ3v) is 4.12. The zero-order valence-electron chi connectivity index (χ0n) is 14.9. The van der Waals surface area contributed by atoms with Crippen LogP contribution in [0.25, 0.3) is 11.3 Å². The molecule has 1 aromatic heterocycles. The van der Waals surface area contributed by atoms with Gasteiger partial charge in [-0.1, -0.05) is 12.1 Å². The summed E-state index contributed by atoms with van der Waals surface area (Å²) < 4.78 is 39.9. The van der Waals surface area contributed by atoms with Gasteiger partial charge in [0.25, 0.3) is 0 Å². The number of rotatable bonds is 3. The van der Waals surface area contributed by atoms with Gasteiger partial charge in [0.05, 0.1) is 5.56 Å². The summed E-state index contributed by atoms with van der Waals surface area (Å²) in [5.41, 5.74) is 2.35. The third kappa shape index (κ3) is 5.46. The van der Waals surface area contributed by atoms with Crippen LogP contribution < -0.4 is 5.32 Å². The zero-order chi connectivity index (χ0) is 20.9. The normalized spacial score (nSPS) is 16.2. The molecule has 28 heavy (non-hydrogen) atoms. The summed E-state index contributed by atoms with van der Waals surface area (Å²) in [6.45, 7) is 3.79. The lowest BCUT2D eigenvalue weighted by Crippen LogP contribution is -2.31. The topological polar surface area (TPSA) is 91.6 Å². The average Bonchev–Trinajstić information content (AvgIpc) is 3.05. The predicted octanol–water partition coefficient (Wildman–Crippen LogP) is 3.55. The number of carboxylic acid groups (broad SMARTS) is 2. The van der Waals surface area contributed by atoms with Gasteiger partial charge >= 0.3 is 18.1 Å². The Morgan fingerprint density at radius 2 is 1.64 bits per heavy atom. The molecule has 1 aliphatic rings. The Morgan fingerprint density at radius 3 is 2.14 bits per heavy atom. The monoisotopic (exact) mass is 396 g/mol. The Morgan fingerprint density at radius 1 is 1.07 bits per heavy atom. The van der Waals surface area contributed by atoms with E-state index < -0.39 is 23.7 Å². The van der Waals surface area contributed by atoms with E-state index in [1.54, 1.807) is 0 Å². The van der Waals surface area contributed by atoms with Crippen molar-refractivity contribution in [3.63, 3.8) is 0 Å². The van der Waals surface area contributed by atoms with Crippen LogP contribution in [0, 0.1) is 0 Å². The van der Waals surface area contributed by atoms with Gasteiger partial charge in [-0.2, -0.15) is 13.2 Å². The van der Waals surface area contributed by atoms with E-state index in [1.807, 2.05) is 12.1 Å². The molecule has 0 saturated heterocycles. The number of nitrogens with one attached hydrogen (secondary N) is 1. The second kappa shape index (κ2) is 8.75. The van der Waals surface area contributed by atoms with E-state index in [-0.39, 0.29) is 6.04 Å². The number of nitrogens with zero attached hydrogens (tertiary/aromatic N) is 1. The molecule has 6 nitrogen and oxygen atoms in total. The molecule has 0 bridgehead atoms. The van der Waals surface area contributed by atoms with Crippen molar-refractivity contribution in [1.82, 2.24) is 9.88 Å². The van der Waals surface area contributed by atoms with Gasteiger partial charge in [-0.25, -0.2) is 9.59 Å². The van der Waals surface area contributed by atoms with Gasteiger partial charge in [-0.05, 0) is 36.8 Å². The van der Waals surface area contributed by atoms with Gasteiger partial charge in [0.15, 0.2) is 0 Å². The SMILES string of the molecule is CC1NCCn2c(-c3ccc(C(F)(F)F)cc3)ccc21.O=C(O)/C=C/C(=O)O. The average molecular weight is 396 g/mol. The molecule has 0 fully saturated rings. The van der Waals surface area contributed by atoms with E-state index in [2.05, 4.69) is 16.8 Å². The highest BCUT2D eigenvalue weighted by Gasteiger charge is 2.30. The van der Waals surface area contributed by atoms with Crippen LogP contribution in [-0.2, 0) is 22.3 Å². The molecule has 150 valence electrons. The molecule has 0 saturated carbocycles. The number of hydrogen-bond donors (Lipinski definition) is 3. The number of aromatic nitrogens is 1. The fraction of sp³-hybridized carbons (Fsp3) is 0.263. The van der Waals surface area contributed by atoms with E-state index in [4.69, 9.17) is 10.2 Å². The first-order chi connectivity index (χ1) is 13.1. The molecule has 0 radical (unpaired) electrons. The second-order valence-electron chi connectivity index (χ2n) is 6.06. The Hall–Kier alpha value is -3.07. The number of hydrogen-bond acceptors (Lipinski definition) is 3. The minimum atomic E-state index is -4.28. The van der Waals surface area contributed by atoms with E-state index in [0.29, 0.717) is 12.2 Å². The molecule has 2 aromatic rings. The van der Waals surface area contributed by atoms with E-state index in [9.17, 15) is 22.8 Å². The van der Waals surface area contributed by atoms with Gasteiger partial charge in [0.2, 0.25) is 0 Å².